The van der Waals surface area contributed by atoms with Crippen molar-refractivity contribution in [3.8, 4) is 0 Å². The van der Waals surface area contributed by atoms with Gasteiger partial charge in [0.1, 0.15) is 5.60 Å². The van der Waals surface area contributed by atoms with Gasteiger partial charge in [-0.3, -0.25) is 9.09 Å². The zero-order chi connectivity index (χ0) is 11.5. The molecule has 0 saturated carbocycles. The highest BCUT2D eigenvalue weighted by Gasteiger charge is 2.44. The highest BCUT2D eigenvalue weighted by atomic mass is 32.2. The van der Waals surface area contributed by atoms with Gasteiger partial charge in [0.2, 0.25) is 0 Å². The molecule has 1 aliphatic rings. The third kappa shape index (κ3) is 2.88. The van der Waals surface area contributed by atoms with Crippen LogP contribution in [0.15, 0.2) is 10.7 Å². The molecular formula is C10H19O3PS. The van der Waals surface area contributed by atoms with Crippen LogP contribution in [0.25, 0.3) is 0 Å². The van der Waals surface area contributed by atoms with Gasteiger partial charge >= 0.3 is 7.60 Å². The molecule has 0 saturated heterocycles. The first kappa shape index (κ1) is 13.3. The van der Waals surface area contributed by atoms with E-state index in [4.69, 9.17) is 9.05 Å². The average molecular weight is 250 g/mol. The molecule has 0 N–H and O–H groups in total. The van der Waals surface area contributed by atoms with E-state index in [1.54, 1.807) is 17.6 Å². The molecule has 0 aromatic heterocycles. The van der Waals surface area contributed by atoms with Gasteiger partial charge in [-0.15, -0.1) is 11.8 Å². The van der Waals surface area contributed by atoms with Gasteiger partial charge in [0.15, 0.2) is 0 Å². The van der Waals surface area contributed by atoms with Gasteiger partial charge < -0.3 is 4.52 Å². The Kier molecular flexibility index (Phi) is 4.48. The minimum atomic E-state index is -2.98. The molecule has 1 rings (SSSR count). The summed E-state index contributed by atoms with van der Waals surface area (Å²) in [5, 5.41) is 0. The Hall–Kier alpha value is 0.240. The molecule has 0 radical (unpaired) electrons. The first-order valence-electron chi connectivity index (χ1n) is 5.31. The number of thioether (sulfide) groups is 1. The second-order valence-electron chi connectivity index (χ2n) is 3.56. The summed E-state index contributed by atoms with van der Waals surface area (Å²) in [5.41, 5.74) is -0.425. The molecule has 0 fully saturated rings. The van der Waals surface area contributed by atoms with E-state index in [1.807, 2.05) is 20.8 Å². The SMILES string of the molecule is CCOP1(=O)C=C(SCC)C(C)(CC)O1. The zero-order valence-electron chi connectivity index (χ0n) is 9.78. The molecule has 5 heteroatoms. The van der Waals surface area contributed by atoms with Crippen LogP contribution in [0.1, 0.15) is 34.1 Å². The van der Waals surface area contributed by atoms with Crippen LogP contribution in [0.5, 0.6) is 0 Å². The molecule has 0 aromatic carbocycles. The first-order valence-corrected chi connectivity index (χ1v) is 7.90. The Morgan fingerprint density at radius 1 is 1.53 bits per heavy atom. The second kappa shape index (κ2) is 5.05. The predicted molar refractivity (Wildman–Crippen MR) is 65.2 cm³/mol. The van der Waals surface area contributed by atoms with Gasteiger partial charge in [-0.1, -0.05) is 13.8 Å². The normalized spacial score (nSPS) is 35.6. The average Bonchev–Trinajstić information content (AvgIpc) is 2.41. The monoisotopic (exact) mass is 250 g/mol. The third-order valence-corrected chi connectivity index (χ3v) is 5.58. The minimum Gasteiger partial charge on any atom is -0.306 e. The van der Waals surface area contributed by atoms with Crippen molar-refractivity contribution < 1.29 is 13.6 Å². The molecule has 0 bridgehead atoms. The van der Waals surface area contributed by atoms with E-state index in [1.165, 1.54) is 0 Å². The maximum Gasteiger partial charge on any atom is 0.355 e. The molecule has 88 valence electrons. The topological polar surface area (TPSA) is 35.5 Å². The molecule has 3 nitrogen and oxygen atoms in total. The lowest BCUT2D eigenvalue weighted by Gasteiger charge is -2.25. The largest absolute Gasteiger partial charge is 0.355 e. The Morgan fingerprint density at radius 2 is 2.20 bits per heavy atom. The van der Waals surface area contributed by atoms with Gasteiger partial charge in [-0.05, 0) is 26.0 Å². The summed E-state index contributed by atoms with van der Waals surface area (Å²) in [4.78, 5) is 1.05. The van der Waals surface area contributed by atoms with Crippen LogP contribution in [0.2, 0.25) is 0 Å². The smallest absolute Gasteiger partial charge is 0.306 e. The maximum absolute atomic E-state index is 12.1. The Bertz CT molecular complexity index is 303. The molecule has 0 aliphatic carbocycles. The quantitative estimate of drug-likeness (QED) is 0.691. The molecule has 0 amide bonds. The van der Waals surface area contributed by atoms with Crippen molar-refractivity contribution in [1.82, 2.24) is 0 Å². The maximum atomic E-state index is 12.1. The van der Waals surface area contributed by atoms with Gasteiger partial charge in [0.25, 0.3) is 0 Å². The highest BCUT2D eigenvalue weighted by Crippen LogP contribution is 2.63. The van der Waals surface area contributed by atoms with Crippen molar-refractivity contribution in [2.75, 3.05) is 12.4 Å². The summed E-state index contributed by atoms with van der Waals surface area (Å²) in [6.45, 7) is 8.32. The fraction of sp³-hybridized carbons (Fsp3) is 0.800. The fourth-order valence-electron chi connectivity index (χ4n) is 1.46. The third-order valence-electron chi connectivity index (χ3n) is 2.41. The van der Waals surface area contributed by atoms with Gasteiger partial charge in [0.05, 0.1) is 6.61 Å². The van der Waals surface area contributed by atoms with E-state index < -0.39 is 13.2 Å². The van der Waals surface area contributed by atoms with Crippen LogP contribution in [0.3, 0.4) is 0 Å². The molecule has 2 atom stereocenters. The summed E-state index contributed by atoms with van der Waals surface area (Å²) in [5.74, 6) is 2.64. The molecule has 0 aromatic rings. The predicted octanol–water partition coefficient (Wildman–Crippen LogP) is 4.01. The molecular weight excluding hydrogens is 231 g/mol. The van der Waals surface area contributed by atoms with Crippen LogP contribution < -0.4 is 0 Å². The summed E-state index contributed by atoms with van der Waals surface area (Å²) in [7, 11) is -2.98. The Labute approximate surface area is 96.1 Å². The summed E-state index contributed by atoms with van der Waals surface area (Å²) >= 11 is 1.68. The van der Waals surface area contributed by atoms with E-state index in [2.05, 4.69) is 6.92 Å². The number of hydrogen-bond acceptors (Lipinski definition) is 4. The number of hydrogen-bond donors (Lipinski definition) is 0. The molecule has 2 unspecified atom stereocenters. The second-order valence-corrected chi connectivity index (χ2v) is 6.64. The standard InChI is InChI=1S/C10H19O3PS/c1-5-10(4)9(15-7-3)8-14(11,13-10)12-6-2/h8H,5-7H2,1-4H3. The molecule has 1 heterocycles. The van der Waals surface area contributed by atoms with Crippen LogP contribution in [0.4, 0.5) is 0 Å². The summed E-state index contributed by atoms with van der Waals surface area (Å²) < 4.78 is 23.0. The summed E-state index contributed by atoms with van der Waals surface area (Å²) in [6, 6.07) is 0. The van der Waals surface area contributed by atoms with E-state index >= 15 is 0 Å². The van der Waals surface area contributed by atoms with Crippen LogP contribution in [0, 0.1) is 0 Å². The van der Waals surface area contributed by atoms with E-state index in [0.29, 0.717) is 6.61 Å². The minimum absolute atomic E-state index is 0.414. The fourth-order valence-corrected chi connectivity index (χ4v) is 4.90. The van der Waals surface area contributed by atoms with E-state index in [9.17, 15) is 4.57 Å². The lowest BCUT2D eigenvalue weighted by molar-refractivity contribution is 0.114. The highest BCUT2D eigenvalue weighted by molar-refractivity contribution is 8.03. The van der Waals surface area contributed by atoms with Crippen molar-refractivity contribution in [2.45, 2.75) is 39.7 Å². The van der Waals surface area contributed by atoms with Crippen LogP contribution in [-0.2, 0) is 13.6 Å². The van der Waals surface area contributed by atoms with Crippen molar-refractivity contribution in [2.24, 2.45) is 0 Å². The summed E-state index contributed by atoms with van der Waals surface area (Å²) in [6.07, 6.45) is 0.808. The van der Waals surface area contributed by atoms with Crippen LogP contribution in [-0.4, -0.2) is 18.0 Å². The van der Waals surface area contributed by atoms with Crippen molar-refractivity contribution in [3.05, 3.63) is 10.7 Å². The zero-order valence-corrected chi connectivity index (χ0v) is 11.5. The van der Waals surface area contributed by atoms with Gasteiger partial charge in [0, 0.05) is 10.7 Å². The number of rotatable bonds is 5. The van der Waals surface area contributed by atoms with Crippen molar-refractivity contribution >= 4 is 19.4 Å². The lowest BCUT2D eigenvalue weighted by atomic mass is 10.0. The van der Waals surface area contributed by atoms with E-state index in [-0.39, 0.29) is 0 Å². The molecule has 0 spiro atoms. The van der Waals surface area contributed by atoms with Crippen LogP contribution >= 0.6 is 19.4 Å². The first-order chi connectivity index (χ1) is 6.99. The van der Waals surface area contributed by atoms with E-state index in [0.717, 1.165) is 17.1 Å². The van der Waals surface area contributed by atoms with Crippen molar-refractivity contribution in [1.29, 1.82) is 0 Å². The Balaban J connectivity index is 2.91. The van der Waals surface area contributed by atoms with Gasteiger partial charge in [-0.2, -0.15) is 0 Å². The Morgan fingerprint density at radius 3 is 2.67 bits per heavy atom. The molecule has 1 aliphatic heterocycles. The molecule has 15 heavy (non-hydrogen) atoms. The van der Waals surface area contributed by atoms with Crippen molar-refractivity contribution in [3.63, 3.8) is 0 Å². The lowest BCUT2D eigenvalue weighted by Crippen LogP contribution is -2.24. The van der Waals surface area contributed by atoms with Gasteiger partial charge in [-0.25, -0.2) is 0 Å².